The lowest BCUT2D eigenvalue weighted by molar-refractivity contribution is 0.0602. The Bertz CT molecular complexity index is 1280. The van der Waals surface area contributed by atoms with Crippen molar-refractivity contribution in [1.82, 2.24) is 4.98 Å². The van der Waals surface area contributed by atoms with Gasteiger partial charge in [-0.1, -0.05) is 24.3 Å². The Hall–Kier alpha value is -4.33. The topological polar surface area (TPSA) is 122 Å². The number of oxazole rings is 1. The molecule has 150 valence electrons. The van der Waals surface area contributed by atoms with Crippen molar-refractivity contribution in [3.05, 3.63) is 71.8 Å². The molecule has 0 fully saturated rings. The normalized spacial score (nSPS) is 10.7. The maximum Gasteiger partial charge on any atom is 0.340 e. The Morgan fingerprint density at radius 3 is 2.40 bits per heavy atom. The molecule has 4 aromatic rings. The molecule has 3 N–H and O–H groups in total. The van der Waals surface area contributed by atoms with Gasteiger partial charge in [-0.05, 0) is 36.4 Å². The Labute approximate surface area is 170 Å². The molecular formula is C22H16N2O6. The van der Waals surface area contributed by atoms with E-state index in [9.17, 15) is 19.8 Å². The van der Waals surface area contributed by atoms with E-state index in [1.807, 2.05) is 0 Å². The smallest absolute Gasteiger partial charge is 0.340 e. The van der Waals surface area contributed by atoms with Crippen LogP contribution in [0.25, 0.3) is 22.6 Å². The highest BCUT2D eigenvalue weighted by Crippen LogP contribution is 2.37. The van der Waals surface area contributed by atoms with E-state index in [-0.39, 0.29) is 34.2 Å². The predicted octanol–water partition coefficient (Wildman–Crippen LogP) is 3.94. The number of aromatic nitrogens is 1. The maximum atomic E-state index is 12.6. The minimum absolute atomic E-state index is 0.0391. The summed E-state index contributed by atoms with van der Waals surface area (Å²) in [6.45, 7) is 0. The number of nitrogens with zero attached hydrogens (tertiary/aromatic N) is 1. The molecule has 0 unspecified atom stereocenters. The second kappa shape index (κ2) is 7.59. The van der Waals surface area contributed by atoms with E-state index >= 15 is 0 Å². The van der Waals surface area contributed by atoms with Crippen molar-refractivity contribution in [2.24, 2.45) is 0 Å². The van der Waals surface area contributed by atoms with Crippen molar-refractivity contribution in [3.8, 4) is 23.0 Å². The number of benzene rings is 3. The van der Waals surface area contributed by atoms with Gasteiger partial charge in [0.25, 0.3) is 5.91 Å². The summed E-state index contributed by atoms with van der Waals surface area (Å²) >= 11 is 0. The zero-order valence-corrected chi connectivity index (χ0v) is 15.7. The molecule has 0 aliphatic carbocycles. The van der Waals surface area contributed by atoms with Crippen molar-refractivity contribution < 1.29 is 29.0 Å². The van der Waals surface area contributed by atoms with Crippen LogP contribution in [0.15, 0.2) is 65.1 Å². The molecule has 0 spiro atoms. The third-order valence-electron chi connectivity index (χ3n) is 4.48. The van der Waals surface area contributed by atoms with Gasteiger partial charge in [-0.25, -0.2) is 9.78 Å². The van der Waals surface area contributed by atoms with Crippen LogP contribution in [0.5, 0.6) is 11.5 Å². The molecule has 30 heavy (non-hydrogen) atoms. The summed E-state index contributed by atoms with van der Waals surface area (Å²) in [5.74, 6) is -1.51. The molecule has 0 saturated heterocycles. The molecule has 4 rings (SSSR count). The summed E-state index contributed by atoms with van der Waals surface area (Å²) in [6, 6.07) is 15.4. The van der Waals surface area contributed by atoms with Gasteiger partial charge < -0.3 is 24.7 Å². The van der Waals surface area contributed by atoms with Crippen LogP contribution < -0.4 is 5.32 Å². The molecule has 0 atom stereocenters. The van der Waals surface area contributed by atoms with Gasteiger partial charge in [0.2, 0.25) is 5.89 Å². The van der Waals surface area contributed by atoms with Crippen molar-refractivity contribution >= 4 is 28.7 Å². The molecule has 3 aromatic carbocycles. The van der Waals surface area contributed by atoms with E-state index in [1.54, 1.807) is 42.5 Å². The number of hydrogen-bond donors (Lipinski definition) is 3. The highest BCUT2D eigenvalue weighted by Gasteiger charge is 2.21. The molecule has 0 radical (unpaired) electrons. The lowest BCUT2D eigenvalue weighted by Gasteiger charge is -2.11. The number of aromatic hydroxyl groups is 2. The number of hydrogen-bond acceptors (Lipinski definition) is 7. The number of phenols is 2. The van der Waals surface area contributed by atoms with Crippen LogP contribution in [0.2, 0.25) is 0 Å². The lowest BCUT2D eigenvalue weighted by Crippen LogP contribution is -2.13. The van der Waals surface area contributed by atoms with Crippen LogP contribution in [0.4, 0.5) is 5.69 Å². The number of nitrogens with one attached hydrogen (secondary N) is 1. The number of carbonyl (C=O) groups is 2. The van der Waals surface area contributed by atoms with Crippen molar-refractivity contribution in [3.63, 3.8) is 0 Å². The molecule has 0 bridgehead atoms. The summed E-state index contributed by atoms with van der Waals surface area (Å²) in [4.78, 5) is 29.0. The quantitative estimate of drug-likeness (QED) is 0.348. The maximum absolute atomic E-state index is 12.6. The first kappa shape index (κ1) is 19.0. The minimum Gasteiger partial charge on any atom is -0.507 e. The van der Waals surface area contributed by atoms with Gasteiger partial charge in [0.1, 0.15) is 17.0 Å². The summed E-state index contributed by atoms with van der Waals surface area (Å²) in [5.41, 5.74) is 1.25. The standard InChI is InChI=1S/C22H16N2O6/c1-29-22(28)14-8-5-11-17-19(14)24-21(30-17)13-7-4-10-16(26)18(13)23-20(27)12-6-2-3-9-15(12)25/h2-11,25-26H,1H3,(H,23,27). The van der Waals surface area contributed by atoms with Crippen LogP contribution in [0, 0.1) is 0 Å². The number of phenolic OH excluding ortho intramolecular Hbond substituents is 2. The fourth-order valence-electron chi connectivity index (χ4n) is 3.03. The van der Waals surface area contributed by atoms with E-state index in [2.05, 4.69) is 10.3 Å². The van der Waals surface area contributed by atoms with E-state index in [1.165, 1.54) is 25.3 Å². The fraction of sp³-hybridized carbons (Fsp3) is 0.0455. The van der Waals surface area contributed by atoms with Crippen LogP contribution in [0.1, 0.15) is 20.7 Å². The molecule has 8 heteroatoms. The molecule has 1 heterocycles. The molecule has 8 nitrogen and oxygen atoms in total. The van der Waals surface area contributed by atoms with Crippen molar-refractivity contribution in [2.75, 3.05) is 12.4 Å². The largest absolute Gasteiger partial charge is 0.507 e. The monoisotopic (exact) mass is 404 g/mol. The van der Waals surface area contributed by atoms with Gasteiger partial charge in [0.15, 0.2) is 5.58 Å². The Kier molecular flexibility index (Phi) is 4.81. The first-order valence-electron chi connectivity index (χ1n) is 8.89. The number of esters is 1. The Morgan fingerprint density at radius 1 is 0.933 bits per heavy atom. The first-order chi connectivity index (χ1) is 14.5. The van der Waals surface area contributed by atoms with Gasteiger partial charge in [0, 0.05) is 0 Å². The number of rotatable bonds is 4. The van der Waals surface area contributed by atoms with E-state index in [4.69, 9.17) is 9.15 Å². The van der Waals surface area contributed by atoms with E-state index in [0.29, 0.717) is 16.7 Å². The van der Waals surface area contributed by atoms with Gasteiger partial charge >= 0.3 is 5.97 Å². The number of fused-ring (bicyclic) bond motifs is 1. The number of amides is 1. The number of anilines is 1. The molecular weight excluding hydrogens is 388 g/mol. The highest BCUT2D eigenvalue weighted by atomic mass is 16.5. The SMILES string of the molecule is COC(=O)c1cccc2oc(-c3cccc(O)c3NC(=O)c3ccccc3O)nc12. The van der Waals surface area contributed by atoms with Gasteiger partial charge in [-0.2, -0.15) is 0 Å². The van der Waals surface area contributed by atoms with E-state index < -0.39 is 11.9 Å². The fourth-order valence-corrected chi connectivity index (χ4v) is 3.03. The third kappa shape index (κ3) is 3.30. The van der Waals surface area contributed by atoms with Crippen molar-refractivity contribution in [2.45, 2.75) is 0 Å². The molecule has 1 aromatic heterocycles. The predicted molar refractivity (Wildman–Crippen MR) is 109 cm³/mol. The van der Waals surface area contributed by atoms with Crippen molar-refractivity contribution in [1.29, 1.82) is 0 Å². The zero-order chi connectivity index (χ0) is 21.3. The minimum atomic E-state index is -0.623. The molecule has 0 saturated carbocycles. The second-order valence-electron chi connectivity index (χ2n) is 6.33. The number of ether oxygens (including phenoxy) is 1. The average molecular weight is 404 g/mol. The first-order valence-corrected chi connectivity index (χ1v) is 8.89. The summed E-state index contributed by atoms with van der Waals surface area (Å²) < 4.78 is 10.5. The van der Waals surface area contributed by atoms with Crippen LogP contribution in [-0.4, -0.2) is 34.2 Å². The zero-order valence-electron chi connectivity index (χ0n) is 15.7. The number of methoxy groups -OCH3 is 1. The second-order valence-corrected chi connectivity index (χ2v) is 6.33. The van der Waals surface area contributed by atoms with Crippen LogP contribution >= 0.6 is 0 Å². The van der Waals surface area contributed by atoms with E-state index in [0.717, 1.165) is 0 Å². The summed E-state index contributed by atoms with van der Waals surface area (Å²) in [6.07, 6.45) is 0. The molecule has 0 aliphatic heterocycles. The average Bonchev–Trinajstić information content (AvgIpc) is 3.19. The Morgan fingerprint density at radius 2 is 1.63 bits per heavy atom. The van der Waals surface area contributed by atoms with Crippen LogP contribution in [-0.2, 0) is 4.74 Å². The van der Waals surface area contributed by atoms with Gasteiger partial charge in [0.05, 0.1) is 29.5 Å². The summed E-state index contributed by atoms with van der Waals surface area (Å²) in [7, 11) is 1.27. The lowest BCUT2D eigenvalue weighted by atomic mass is 10.1. The third-order valence-corrected chi connectivity index (χ3v) is 4.48. The van der Waals surface area contributed by atoms with Gasteiger partial charge in [-0.3, -0.25) is 4.79 Å². The Balaban J connectivity index is 1.80. The molecule has 1 amide bonds. The number of para-hydroxylation sites is 3. The number of carbonyl (C=O) groups excluding carboxylic acids is 2. The van der Waals surface area contributed by atoms with Crippen LogP contribution in [0.3, 0.4) is 0 Å². The highest BCUT2D eigenvalue weighted by molar-refractivity contribution is 6.09. The van der Waals surface area contributed by atoms with Gasteiger partial charge in [-0.15, -0.1) is 0 Å². The summed E-state index contributed by atoms with van der Waals surface area (Å²) in [5, 5.41) is 22.9. The molecule has 0 aliphatic rings.